The van der Waals surface area contributed by atoms with Crippen molar-refractivity contribution >= 4 is 23.4 Å². The first-order valence-corrected chi connectivity index (χ1v) is 9.39. The molecule has 25 heavy (non-hydrogen) atoms. The molecule has 1 saturated heterocycles. The highest BCUT2D eigenvalue weighted by molar-refractivity contribution is 6.30. The molecular weight excluding hydrogens is 340 g/mol. The second-order valence-corrected chi connectivity index (χ2v) is 7.03. The van der Waals surface area contributed by atoms with Crippen molar-refractivity contribution in [3.05, 3.63) is 34.9 Å². The molecule has 1 aliphatic heterocycles. The largest absolute Gasteiger partial charge is 0.393 e. The van der Waals surface area contributed by atoms with E-state index in [1.165, 1.54) is 0 Å². The highest BCUT2D eigenvalue weighted by atomic mass is 35.5. The lowest BCUT2D eigenvalue weighted by molar-refractivity contribution is -0.126. The molecule has 1 aliphatic rings. The minimum absolute atomic E-state index is 0.000376. The molecule has 0 saturated carbocycles. The molecule has 0 radical (unpaired) electrons. The summed E-state index contributed by atoms with van der Waals surface area (Å²) in [6.07, 6.45) is 3.53. The molecule has 2 atom stereocenters. The number of hydrogen-bond donors (Lipinski definition) is 2. The molecule has 0 spiro atoms. The number of nitrogens with one attached hydrogen (secondary N) is 1. The Morgan fingerprint density at radius 1 is 1.36 bits per heavy atom. The molecule has 1 aromatic carbocycles. The van der Waals surface area contributed by atoms with Gasteiger partial charge < -0.3 is 15.3 Å². The number of aliphatic hydroxyl groups excluding tert-OH is 1. The van der Waals surface area contributed by atoms with Gasteiger partial charge in [0.2, 0.25) is 5.91 Å². The van der Waals surface area contributed by atoms with Crippen molar-refractivity contribution in [3.8, 4) is 0 Å². The predicted molar refractivity (Wildman–Crippen MR) is 98.6 cm³/mol. The van der Waals surface area contributed by atoms with Gasteiger partial charge >= 0.3 is 0 Å². The Bertz CT molecular complexity index is 577. The normalized spacial score (nSPS) is 18.7. The molecule has 1 aromatic rings. The number of aliphatic hydroxyl groups is 1. The highest BCUT2D eigenvalue weighted by Crippen LogP contribution is 2.20. The van der Waals surface area contributed by atoms with Crippen LogP contribution in [-0.2, 0) is 4.79 Å². The molecular formula is C19H27ClN2O3. The van der Waals surface area contributed by atoms with Crippen LogP contribution in [0.25, 0.3) is 0 Å². The summed E-state index contributed by atoms with van der Waals surface area (Å²) in [6, 6.07) is 6.84. The summed E-state index contributed by atoms with van der Waals surface area (Å²) >= 11 is 5.86. The van der Waals surface area contributed by atoms with E-state index in [1.807, 2.05) is 6.92 Å². The van der Waals surface area contributed by atoms with Crippen molar-refractivity contribution in [1.82, 2.24) is 10.2 Å². The highest BCUT2D eigenvalue weighted by Gasteiger charge is 2.28. The molecule has 0 aliphatic carbocycles. The van der Waals surface area contributed by atoms with Gasteiger partial charge in [-0.05, 0) is 56.4 Å². The van der Waals surface area contributed by atoms with Crippen molar-refractivity contribution in [1.29, 1.82) is 0 Å². The van der Waals surface area contributed by atoms with E-state index in [9.17, 15) is 14.7 Å². The maximum atomic E-state index is 12.6. The fraction of sp³-hybridized carbons (Fsp3) is 0.579. The molecule has 0 bridgehead atoms. The van der Waals surface area contributed by atoms with E-state index >= 15 is 0 Å². The minimum Gasteiger partial charge on any atom is -0.393 e. The first kappa shape index (κ1) is 19.7. The van der Waals surface area contributed by atoms with Crippen molar-refractivity contribution in [3.63, 3.8) is 0 Å². The lowest BCUT2D eigenvalue weighted by Gasteiger charge is -2.32. The van der Waals surface area contributed by atoms with Crippen LogP contribution in [0.2, 0.25) is 5.02 Å². The number of nitrogens with zero attached hydrogens (tertiary/aromatic N) is 1. The third kappa shape index (κ3) is 6.01. The van der Waals surface area contributed by atoms with E-state index in [4.69, 9.17) is 11.6 Å². The first-order chi connectivity index (χ1) is 12.0. The number of benzene rings is 1. The zero-order valence-corrected chi connectivity index (χ0v) is 15.5. The van der Waals surface area contributed by atoms with Crippen LogP contribution in [0.4, 0.5) is 0 Å². The van der Waals surface area contributed by atoms with Gasteiger partial charge in [-0.25, -0.2) is 0 Å². The fourth-order valence-electron chi connectivity index (χ4n) is 3.05. The van der Waals surface area contributed by atoms with Gasteiger partial charge in [0, 0.05) is 30.2 Å². The molecule has 2 rings (SSSR count). The van der Waals surface area contributed by atoms with Crippen LogP contribution in [-0.4, -0.2) is 47.6 Å². The van der Waals surface area contributed by atoms with E-state index in [0.29, 0.717) is 36.6 Å². The maximum Gasteiger partial charge on any atom is 0.253 e. The molecule has 5 nitrogen and oxygen atoms in total. The number of halogens is 1. The molecule has 1 heterocycles. The Kier molecular flexibility index (Phi) is 7.72. The Balaban J connectivity index is 1.82. The Labute approximate surface area is 154 Å². The zero-order valence-electron chi connectivity index (χ0n) is 14.7. The smallest absolute Gasteiger partial charge is 0.253 e. The van der Waals surface area contributed by atoms with Crippen LogP contribution >= 0.6 is 11.6 Å². The van der Waals surface area contributed by atoms with Gasteiger partial charge in [-0.15, -0.1) is 0 Å². The molecule has 1 fully saturated rings. The van der Waals surface area contributed by atoms with E-state index in [0.717, 1.165) is 25.7 Å². The van der Waals surface area contributed by atoms with E-state index < -0.39 is 0 Å². The minimum atomic E-state index is -0.293. The van der Waals surface area contributed by atoms with Crippen LogP contribution in [0, 0.1) is 5.92 Å². The van der Waals surface area contributed by atoms with Crippen molar-refractivity contribution in [2.45, 2.75) is 45.1 Å². The lowest BCUT2D eigenvalue weighted by atomic mass is 9.96. The van der Waals surface area contributed by atoms with Crippen LogP contribution in [0.1, 0.15) is 49.4 Å². The third-order valence-corrected chi connectivity index (χ3v) is 4.91. The van der Waals surface area contributed by atoms with Gasteiger partial charge in [-0.1, -0.05) is 18.5 Å². The molecule has 2 N–H and O–H groups in total. The lowest BCUT2D eigenvalue weighted by Crippen LogP contribution is -2.45. The number of hydrogen-bond acceptors (Lipinski definition) is 3. The van der Waals surface area contributed by atoms with Crippen LogP contribution < -0.4 is 5.32 Å². The van der Waals surface area contributed by atoms with Gasteiger partial charge in [0.25, 0.3) is 5.91 Å². The van der Waals surface area contributed by atoms with Gasteiger partial charge in [0.05, 0.1) is 12.0 Å². The Morgan fingerprint density at radius 2 is 2.08 bits per heavy atom. The first-order valence-electron chi connectivity index (χ1n) is 9.02. The quantitative estimate of drug-likeness (QED) is 0.729. The average molecular weight is 367 g/mol. The predicted octanol–water partition coefficient (Wildman–Crippen LogP) is 2.86. The Hall–Kier alpha value is -1.59. The number of carbonyl (C=O) groups is 2. The topological polar surface area (TPSA) is 69.6 Å². The SMILES string of the molecule is CC[C@H](O)CCCNC(=O)[C@@H]1CCCN(C(=O)c2ccc(Cl)cc2)C1. The summed E-state index contributed by atoms with van der Waals surface area (Å²) < 4.78 is 0. The summed E-state index contributed by atoms with van der Waals surface area (Å²) in [4.78, 5) is 26.7. The number of rotatable bonds is 7. The van der Waals surface area contributed by atoms with Crippen molar-refractivity contribution < 1.29 is 14.7 Å². The summed E-state index contributed by atoms with van der Waals surface area (Å²) in [6.45, 7) is 3.63. The number of amides is 2. The number of piperidine rings is 1. The molecule has 2 amide bonds. The average Bonchev–Trinajstić information content (AvgIpc) is 2.65. The van der Waals surface area contributed by atoms with E-state index in [2.05, 4.69) is 5.32 Å². The number of carbonyl (C=O) groups excluding carboxylic acids is 2. The van der Waals surface area contributed by atoms with E-state index in [1.54, 1.807) is 29.2 Å². The summed E-state index contributed by atoms with van der Waals surface area (Å²) in [5.41, 5.74) is 0.596. The fourth-order valence-corrected chi connectivity index (χ4v) is 3.17. The number of likely N-dealkylation sites (tertiary alicyclic amines) is 1. The summed E-state index contributed by atoms with van der Waals surface area (Å²) in [7, 11) is 0. The molecule has 0 unspecified atom stereocenters. The molecule has 6 heteroatoms. The Morgan fingerprint density at radius 3 is 2.76 bits per heavy atom. The zero-order chi connectivity index (χ0) is 18.2. The van der Waals surface area contributed by atoms with Crippen molar-refractivity contribution in [2.24, 2.45) is 5.92 Å². The van der Waals surface area contributed by atoms with Crippen LogP contribution in [0.15, 0.2) is 24.3 Å². The second-order valence-electron chi connectivity index (χ2n) is 6.59. The van der Waals surface area contributed by atoms with Gasteiger partial charge in [0.1, 0.15) is 0 Å². The monoisotopic (exact) mass is 366 g/mol. The molecule has 138 valence electrons. The molecule has 0 aromatic heterocycles. The summed E-state index contributed by atoms with van der Waals surface area (Å²) in [5.74, 6) is -0.221. The standard InChI is InChI=1S/C19H27ClN2O3/c1-2-17(23)6-3-11-21-18(24)15-5-4-12-22(13-15)19(25)14-7-9-16(20)10-8-14/h7-10,15,17,23H,2-6,11-13H2,1H3,(H,21,24)/t15-,17+/m1/s1. The van der Waals surface area contributed by atoms with Gasteiger partial charge in [-0.2, -0.15) is 0 Å². The van der Waals surface area contributed by atoms with Crippen molar-refractivity contribution in [2.75, 3.05) is 19.6 Å². The van der Waals surface area contributed by atoms with Gasteiger partial charge in [0.15, 0.2) is 0 Å². The second kappa shape index (κ2) is 9.78. The summed E-state index contributed by atoms with van der Waals surface area (Å²) in [5, 5.41) is 13.1. The van der Waals surface area contributed by atoms with Crippen LogP contribution in [0.5, 0.6) is 0 Å². The van der Waals surface area contributed by atoms with Crippen LogP contribution in [0.3, 0.4) is 0 Å². The van der Waals surface area contributed by atoms with Gasteiger partial charge in [-0.3, -0.25) is 9.59 Å². The van der Waals surface area contributed by atoms with E-state index in [-0.39, 0.29) is 23.8 Å². The third-order valence-electron chi connectivity index (χ3n) is 4.66. The maximum absolute atomic E-state index is 12.6.